The number of ether oxygens (including phenoxy) is 1. The minimum absolute atomic E-state index is 0.274. The summed E-state index contributed by atoms with van der Waals surface area (Å²) in [5.41, 5.74) is 7.63. The monoisotopic (exact) mass is 421 g/mol. The van der Waals surface area contributed by atoms with Gasteiger partial charge < -0.3 is 15.4 Å². The van der Waals surface area contributed by atoms with E-state index in [0.717, 1.165) is 10.5 Å². The topological polar surface area (TPSA) is 110 Å². The van der Waals surface area contributed by atoms with E-state index >= 15 is 0 Å². The lowest BCUT2D eigenvalue weighted by Crippen LogP contribution is -2.50. The zero-order valence-electron chi connectivity index (χ0n) is 17.4. The quantitative estimate of drug-likeness (QED) is 0.748. The van der Waals surface area contributed by atoms with Crippen molar-refractivity contribution in [2.45, 2.75) is 19.0 Å². The number of carbonyl (C=O) groups is 4. The number of amides is 4. The molecule has 2 saturated heterocycles. The summed E-state index contributed by atoms with van der Waals surface area (Å²) in [5, 5.41) is 0. The molecule has 0 aromatic heterocycles. The van der Waals surface area contributed by atoms with Crippen molar-refractivity contribution in [3.05, 3.63) is 65.2 Å². The molecule has 160 valence electrons. The van der Waals surface area contributed by atoms with Crippen LogP contribution in [0, 0.1) is 18.8 Å². The Labute approximate surface area is 179 Å². The maximum atomic E-state index is 13.6. The number of nitrogens with two attached hydrogens (primary N) is 1. The molecule has 2 aromatic carbocycles. The molecule has 2 N–H and O–H groups in total. The number of hydrogen-bond acceptors (Lipinski definition) is 5. The van der Waals surface area contributed by atoms with Gasteiger partial charge in [-0.3, -0.25) is 24.1 Å². The van der Waals surface area contributed by atoms with E-state index in [4.69, 9.17) is 10.5 Å². The maximum absolute atomic E-state index is 13.6. The van der Waals surface area contributed by atoms with E-state index in [9.17, 15) is 19.2 Å². The molecule has 4 amide bonds. The fourth-order valence-electron chi connectivity index (χ4n) is 4.65. The van der Waals surface area contributed by atoms with E-state index in [1.54, 1.807) is 24.3 Å². The maximum Gasteiger partial charge on any atom is 0.255 e. The highest BCUT2D eigenvalue weighted by molar-refractivity contribution is 6.10. The summed E-state index contributed by atoms with van der Waals surface area (Å²) in [4.78, 5) is 54.4. The molecule has 2 fully saturated rings. The van der Waals surface area contributed by atoms with Crippen LogP contribution < -0.4 is 10.5 Å². The van der Waals surface area contributed by atoms with Gasteiger partial charge in [0.05, 0.1) is 25.0 Å². The first kappa shape index (κ1) is 20.6. The van der Waals surface area contributed by atoms with E-state index in [-0.39, 0.29) is 5.56 Å². The third kappa shape index (κ3) is 3.15. The molecule has 0 saturated carbocycles. The Balaban J connectivity index is 1.89. The number of rotatable bonds is 4. The van der Waals surface area contributed by atoms with Crippen molar-refractivity contribution >= 4 is 23.6 Å². The molecule has 0 spiro atoms. The summed E-state index contributed by atoms with van der Waals surface area (Å²) in [7, 11) is 2.87. The van der Waals surface area contributed by atoms with Gasteiger partial charge >= 0.3 is 0 Å². The van der Waals surface area contributed by atoms with E-state index < -0.39 is 47.5 Å². The third-order valence-electron chi connectivity index (χ3n) is 6.16. The number of nitrogens with zero attached hydrogens (tertiary/aromatic N) is 2. The van der Waals surface area contributed by atoms with Crippen molar-refractivity contribution in [1.82, 2.24) is 9.80 Å². The molecule has 8 nitrogen and oxygen atoms in total. The molecule has 0 radical (unpaired) electrons. The van der Waals surface area contributed by atoms with Crippen LogP contribution in [-0.4, -0.2) is 53.6 Å². The first-order valence-corrected chi connectivity index (χ1v) is 9.90. The lowest BCUT2D eigenvalue weighted by molar-refractivity contribution is -0.141. The molecule has 4 unspecified atom stereocenters. The number of fused-ring (bicyclic) bond motifs is 1. The molecule has 8 heteroatoms. The Morgan fingerprint density at radius 1 is 1.00 bits per heavy atom. The first-order chi connectivity index (χ1) is 14.8. The molecule has 2 aliphatic rings. The summed E-state index contributed by atoms with van der Waals surface area (Å²) >= 11 is 0. The van der Waals surface area contributed by atoms with Gasteiger partial charge in [0.1, 0.15) is 11.8 Å². The number of likely N-dealkylation sites (tertiary alicyclic amines) is 2. The van der Waals surface area contributed by atoms with Gasteiger partial charge in [0.2, 0.25) is 17.7 Å². The van der Waals surface area contributed by atoms with Gasteiger partial charge in [-0.05, 0) is 30.7 Å². The zero-order chi connectivity index (χ0) is 22.4. The van der Waals surface area contributed by atoms with Gasteiger partial charge in [-0.1, -0.05) is 35.9 Å². The predicted molar refractivity (Wildman–Crippen MR) is 111 cm³/mol. The number of hydrogen-bond donors (Lipinski definition) is 1. The van der Waals surface area contributed by atoms with Crippen LogP contribution in [-0.2, 0) is 14.4 Å². The average molecular weight is 421 g/mol. The zero-order valence-corrected chi connectivity index (χ0v) is 17.4. The summed E-state index contributed by atoms with van der Waals surface area (Å²) in [6, 6.07) is 11.8. The number of imide groups is 1. The summed E-state index contributed by atoms with van der Waals surface area (Å²) in [5.74, 6) is -3.67. The van der Waals surface area contributed by atoms with Crippen molar-refractivity contribution in [1.29, 1.82) is 0 Å². The standard InChI is InChI=1S/C23H23N3O5/c1-12-7-9-13(10-8-12)18-16-17(23(30)25(2)22(16)29)19(20(24)27)26(18)21(28)14-5-4-6-15(11-14)31-3/h4-11,16-19H,1-3H3,(H2,24,27). The first-order valence-electron chi connectivity index (χ1n) is 9.90. The second-order valence-electron chi connectivity index (χ2n) is 7.93. The largest absolute Gasteiger partial charge is 0.497 e. The molecule has 0 aliphatic carbocycles. The lowest BCUT2D eigenvalue weighted by Gasteiger charge is -2.32. The van der Waals surface area contributed by atoms with E-state index in [2.05, 4.69) is 0 Å². The van der Waals surface area contributed by atoms with Crippen LogP contribution in [0.2, 0.25) is 0 Å². The van der Waals surface area contributed by atoms with Crippen LogP contribution >= 0.6 is 0 Å². The second-order valence-corrected chi connectivity index (χ2v) is 7.93. The SMILES string of the molecule is COc1cccc(C(=O)N2C(C(N)=O)C3C(=O)N(C)C(=O)C3C2c2ccc(C)cc2)c1. The van der Waals surface area contributed by atoms with Crippen LogP contribution in [0.3, 0.4) is 0 Å². The number of methoxy groups -OCH3 is 1. The molecule has 4 rings (SSSR count). The van der Waals surface area contributed by atoms with Crippen LogP contribution in [0.1, 0.15) is 27.5 Å². The Bertz CT molecular complexity index is 1080. The number of primary amides is 1. The van der Waals surface area contributed by atoms with Crippen molar-refractivity contribution in [2.75, 3.05) is 14.2 Å². The third-order valence-corrected chi connectivity index (χ3v) is 6.16. The average Bonchev–Trinajstić information content (AvgIpc) is 3.23. The summed E-state index contributed by atoms with van der Waals surface area (Å²) < 4.78 is 5.21. The van der Waals surface area contributed by atoms with Gasteiger partial charge in [0.25, 0.3) is 5.91 Å². The van der Waals surface area contributed by atoms with E-state index in [0.29, 0.717) is 11.3 Å². The van der Waals surface area contributed by atoms with Crippen molar-refractivity contribution in [3.63, 3.8) is 0 Å². The van der Waals surface area contributed by atoms with Crippen LogP contribution in [0.15, 0.2) is 48.5 Å². The van der Waals surface area contributed by atoms with Gasteiger partial charge in [-0.2, -0.15) is 0 Å². The Kier molecular flexibility index (Phi) is 5.00. The van der Waals surface area contributed by atoms with Crippen LogP contribution in [0.4, 0.5) is 0 Å². The fraction of sp³-hybridized carbons (Fsp3) is 0.304. The molecular formula is C23H23N3O5. The van der Waals surface area contributed by atoms with Crippen molar-refractivity contribution in [3.8, 4) is 5.75 Å². The van der Waals surface area contributed by atoms with Crippen molar-refractivity contribution in [2.24, 2.45) is 17.6 Å². The van der Waals surface area contributed by atoms with Crippen LogP contribution in [0.5, 0.6) is 5.75 Å². The second kappa shape index (κ2) is 7.54. The van der Waals surface area contributed by atoms with Gasteiger partial charge in [-0.15, -0.1) is 0 Å². The normalized spacial score (nSPS) is 25.0. The highest BCUT2D eigenvalue weighted by atomic mass is 16.5. The molecule has 2 aliphatic heterocycles. The molecule has 31 heavy (non-hydrogen) atoms. The smallest absolute Gasteiger partial charge is 0.255 e. The van der Waals surface area contributed by atoms with Gasteiger partial charge in [0, 0.05) is 12.6 Å². The Morgan fingerprint density at radius 3 is 2.26 bits per heavy atom. The fourth-order valence-corrected chi connectivity index (χ4v) is 4.65. The Hall–Kier alpha value is -3.68. The molecule has 2 heterocycles. The Morgan fingerprint density at radius 2 is 1.65 bits per heavy atom. The van der Waals surface area contributed by atoms with Gasteiger partial charge in [-0.25, -0.2) is 0 Å². The number of benzene rings is 2. The minimum Gasteiger partial charge on any atom is -0.497 e. The van der Waals surface area contributed by atoms with Crippen LogP contribution in [0.25, 0.3) is 0 Å². The van der Waals surface area contributed by atoms with E-state index in [1.165, 1.54) is 19.1 Å². The molecule has 4 atom stereocenters. The highest BCUT2D eigenvalue weighted by Crippen LogP contribution is 2.50. The molecule has 0 bridgehead atoms. The summed E-state index contributed by atoms with van der Waals surface area (Å²) in [6.07, 6.45) is 0. The lowest BCUT2D eigenvalue weighted by atomic mass is 9.86. The van der Waals surface area contributed by atoms with E-state index in [1.807, 2.05) is 31.2 Å². The predicted octanol–water partition coefficient (Wildman–Crippen LogP) is 1.29. The number of aryl methyl sites for hydroxylation is 1. The highest BCUT2D eigenvalue weighted by Gasteiger charge is 2.64. The van der Waals surface area contributed by atoms with Gasteiger partial charge in [0.15, 0.2) is 0 Å². The van der Waals surface area contributed by atoms with Crippen molar-refractivity contribution < 1.29 is 23.9 Å². The number of carbonyl (C=O) groups excluding carboxylic acids is 4. The molecule has 2 aromatic rings. The summed E-state index contributed by atoms with van der Waals surface area (Å²) in [6.45, 7) is 1.92. The molecular weight excluding hydrogens is 398 g/mol. The minimum atomic E-state index is -1.24.